The molecule has 0 aliphatic carbocycles. The Balaban J connectivity index is 1.47. The summed E-state index contributed by atoms with van der Waals surface area (Å²) in [5.41, 5.74) is 4.68. The van der Waals surface area contributed by atoms with Gasteiger partial charge in [-0.3, -0.25) is 0 Å². The normalized spacial score (nSPS) is 12.0. The number of nitrogens with zero attached hydrogens (tertiary/aromatic N) is 2. The predicted molar refractivity (Wildman–Crippen MR) is 110 cm³/mol. The first-order chi connectivity index (χ1) is 13.8. The average Bonchev–Trinajstić information content (AvgIpc) is 3.26. The highest BCUT2D eigenvalue weighted by atomic mass is 19.1. The Labute approximate surface area is 164 Å². The van der Waals surface area contributed by atoms with E-state index in [4.69, 9.17) is 0 Å². The third-order valence-electron chi connectivity index (χ3n) is 4.84. The van der Waals surface area contributed by atoms with Crippen molar-refractivity contribution in [2.75, 3.05) is 0 Å². The van der Waals surface area contributed by atoms with Crippen LogP contribution in [0.1, 0.15) is 17.2 Å². The van der Waals surface area contributed by atoms with Gasteiger partial charge in [0.2, 0.25) is 0 Å². The van der Waals surface area contributed by atoms with Crippen LogP contribution >= 0.6 is 0 Å². The second-order valence-corrected chi connectivity index (χ2v) is 6.81. The number of nitrogens with one attached hydrogen (secondary N) is 1. The van der Waals surface area contributed by atoms with Crippen molar-refractivity contribution in [3.63, 3.8) is 0 Å². The molecule has 0 bridgehead atoms. The molecule has 1 N–H and O–H groups in total. The number of benzene rings is 3. The largest absolute Gasteiger partial charge is 0.336 e. The van der Waals surface area contributed by atoms with E-state index < -0.39 is 0 Å². The number of hydrogen-bond acceptors (Lipinski definition) is 2. The molecule has 3 nitrogen and oxygen atoms in total. The van der Waals surface area contributed by atoms with Gasteiger partial charge >= 0.3 is 0 Å². The number of rotatable bonds is 7. The minimum absolute atomic E-state index is 0.0589. The first-order valence-electron chi connectivity index (χ1n) is 9.37. The van der Waals surface area contributed by atoms with E-state index in [2.05, 4.69) is 46.7 Å². The van der Waals surface area contributed by atoms with Crippen LogP contribution in [0, 0.1) is 5.82 Å². The fraction of sp³-hybridized carbons (Fsp3) is 0.125. The monoisotopic (exact) mass is 371 g/mol. The topological polar surface area (TPSA) is 29.9 Å². The van der Waals surface area contributed by atoms with Crippen molar-refractivity contribution in [1.82, 2.24) is 14.9 Å². The summed E-state index contributed by atoms with van der Waals surface area (Å²) in [6.07, 6.45) is 5.50. The molecule has 4 aromatic rings. The molecule has 0 fully saturated rings. The van der Waals surface area contributed by atoms with Crippen molar-refractivity contribution >= 4 is 0 Å². The number of hydrogen-bond donors (Lipinski definition) is 1. The van der Waals surface area contributed by atoms with Crippen LogP contribution in [0.4, 0.5) is 4.39 Å². The molecular weight excluding hydrogens is 349 g/mol. The quantitative estimate of drug-likeness (QED) is 0.483. The van der Waals surface area contributed by atoms with Gasteiger partial charge in [-0.25, -0.2) is 9.37 Å². The Kier molecular flexibility index (Phi) is 5.59. The molecule has 3 aromatic carbocycles. The molecule has 0 radical (unpaired) electrons. The molecular formula is C24H22FN3. The highest BCUT2D eigenvalue weighted by molar-refractivity contribution is 5.63. The summed E-state index contributed by atoms with van der Waals surface area (Å²) >= 11 is 0. The molecule has 140 valence electrons. The van der Waals surface area contributed by atoms with E-state index >= 15 is 0 Å². The van der Waals surface area contributed by atoms with Gasteiger partial charge in [0.15, 0.2) is 0 Å². The van der Waals surface area contributed by atoms with Crippen LogP contribution in [0.25, 0.3) is 11.1 Å². The standard InChI is InChI=1S/C24H22FN3/c25-23-12-10-22(11-13-23)24(17-28-15-14-26-18-28)27-16-19-6-8-21(9-7-19)20-4-2-1-3-5-20/h1-15,18,24,27H,16-17H2. The lowest BCUT2D eigenvalue weighted by molar-refractivity contribution is 0.461. The maximum atomic E-state index is 13.3. The third kappa shape index (κ3) is 4.53. The summed E-state index contributed by atoms with van der Waals surface area (Å²) < 4.78 is 15.3. The fourth-order valence-electron chi connectivity index (χ4n) is 3.28. The maximum absolute atomic E-state index is 13.3. The Hall–Kier alpha value is -3.24. The van der Waals surface area contributed by atoms with Gasteiger partial charge in [0.1, 0.15) is 5.82 Å². The fourth-order valence-corrected chi connectivity index (χ4v) is 3.28. The molecule has 1 unspecified atom stereocenters. The molecule has 0 spiro atoms. The summed E-state index contributed by atoms with van der Waals surface area (Å²) in [7, 11) is 0. The lowest BCUT2D eigenvalue weighted by Gasteiger charge is -2.20. The van der Waals surface area contributed by atoms with Gasteiger partial charge in [-0.15, -0.1) is 0 Å². The van der Waals surface area contributed by atoms with Crippen molar-refractivity contribution in [3.05, 3.63) is 115 Å². The second-order valence-electron chi connectivity index (χ2n) is 6.81. The molecule has 1 heterocycles. The molecule has 4 rings (SSSR count). The summed E-state index contributed by atoms with van der Waals surface area (Å²) in [4.78, 5) is 4.11. The Morgan fingerprint density at radius 1 is 0.857 bits per heavy atom. The van der Waals surface area contributed by atoms with Crippen LogP contribution in [0.2, 0.25) is 0 Å². The number of imidazole rings is 1. The Morgan fingerprint density at radius 2 is 1.57 bits per heavy atom. The van der Waals surface area contributed by atoms with E-state index in [0.717, 1.165) is 18.7 Å². The van der Waals surface area contributed by atoms with Crippen molar-refractivity contribution in [1.29, 1.82) is 0 Å². The van der Waals surface area contributed by atoms with Gasteiger partial charge in [-0.1, -0.05) is 66.7 Å². The molecule has 0 saturated heterocycles. The molecule has 1 atom stereocenters. The van der Waals surface area contributed by atoms with E-state index in [9.17, 15) is 4.39 Å². The van der Waals surface area contributed by atoms with Crippen LogP contribution in [0.5, 0.6) is 0 Å². The van der Waals surface area contributed by atoms with E-state index in [-0.39, 0.29) is 11.9 Å². The van der Waals surface area contributed by atoms with Crippen molar-refractivity contribution in [2.24, 2.45) is 0 Å². The maximum Gasteiger partial charge on any atom is 0.123 e. The first-order valence-corrected chi connectivity index (χ1v) is 9.37. The number of halogens is 1. The lowest BCUT2D eigenvalue weighted by atomic mass is 10.0. The van der Waals surface area contributed by atoms with Crippen LogP contribution in [-0.4, -0.2) is 9.55 Å². The van der Waals surface area contributed by atoms with Crippen LogP contribution in [0.15, 0.2) is 97.6 Å². The Bertz CT molecular complexity index is 978. The first kappa shape index (κ1) is 18.1. The molecule has 0 amide bonds. The predicted octanol–water partition coefficient (Wildman–Crippen LogP) is 5.22. The van der Waals surface area contributed by atoms with Gasteiger partial charge in [0.25, 0.3) is 0 Å². The van der Waals surface area contributed by atoms with E-state index in [0.29, 0.717) is 0 Å². The van der Waals surface area contributed by atoms with Crippen molar-refractivity contribution < 1.29 is 4.39 Å². The smallest absolute Gasteiger partial charge is 0.123 e. The minimum atomic E-state index is -0.221. The van der Waals surface area contributed by atoms with Gasteiger partial charge in [0, 0.05) is 25.5 Å². The number of aromatic nitrogens is 2. The molecule has 0 saturated carbocycles. The summed E-state index contributed by atoms with van der Waals surface area (Å²) in [6, 6.07) is 25.7. The van der Waals surface area contributed by atoms with Crippen LogP contribution in [0.3, 0.4) is 0 Å². The highest BCUT2D eigenvalue weighted by Gasteiger charge is 2.12. The SMILES string of the molecule is Fc1ccc(C(Cn2ccnc2)NCc2ccc(-c3ccccc3)cc2)cc1. The van der Waals surface area contributed by atoms with Gasteiger partial charge in [-0.2, -0.15) is 0 Å². The van der Waals surface area contributed by atoms with E-state index in [1.165, 1.54) is 28.8 Å². The van der Waals surface area contributed by atoms with E-state index in [1.54, 1.807) is 12.5 Å². The zero-order valence-electron chi connectivity index (χ0n) is 15.5. The summed E-state index contributed by atoms with van der Waals surface area (Å²) in [5, 5.41) is 3.60. The van der Waals surface area contributed by atoms with Crippen molar-refractivity contribution in [2.45, 2.75) is 19.1 Å². The van der Waals surface area contributed by atoms with Gasteiger partial charge < -0.3 is 9.88 Å². The molecule has 4 heteroatoms. The molecule has 0 aliphatic heterocycles. The second kappa shape index (κ2) is 8.63. The summed E-state index contributed by atoms with van der Waals surface area (Å²) in [5.74, 6) is -0.221. The molecule has 1 aromatic heterocycles. The van der Waals surface area contributed by atoms with Gasteiger partial charge in [-0.05, 0) is 34.4 Å². The molecule has 0 aliphatic rings. The zero-order chi connectivity index (χ0) is 19.2. The van der Waals surface area contributed by atoms with Crippen LogP contribution < -0.4 is 5.32 Å². The Morgan fingerprint density at radius 3 is 2.25 bits per heavy atom. The zero-order valence-corrected chi connectivity index (χ0v) is 15.5. The minimum Gasteiger partial charge on any atom is -0.336 e. The van der Waals surface area contributed by atoms with E-state index in [1.807, 2.05) is 41.1 Å². The van der Waals surface area contributed by atoms with Gasteiger partial charge in [0.05, 0.1) is 12.4 Å². The average molecular weight is 371 g/mol. The lowest BCUT2D eigenvalue weighted by Crippen LogP contribution is -2.25. The summed E-state index contributed by atoms with van der Waals surface area (Å²) in [6.45, 7) is 1.46. The highest BCUT2D eigenvalue weighted by Crippen LogP contribution is 2.20. The van der Waals surface area contributed by atoms with Crippen LogP contribution in [-0.2, 0) is 13.1 Å². The third-order valence-corrected chi connectivity index (χ3v) is 4.84. The van der Waals surface area contributed by atoms with Crippen molar-refractivity contribution in [3.8, 4) is 11.1 Å². The molecule has 28 heavy (non-hydrogen) atoms.